The van der Waals surface area contributed by atoms with E-state index in [9.17, 15) is 9.90 Å². The van der Waals surface area contributed by atoms with Gasteiger partial charge in [0.1, 0.15) is 17.1 Å². The fraction of sp³-hybridized carbons (Fsp3) is 0.0526. The molecule has 0 aliphatic rings. The van der Waals surface area contributed by atoms with Gasteiger partial charge >= 0.3 is 6.01 Å². The number of para-hydroxylation sites is 3. The second-order valence-electron chi connectivity index (χ2n) is 5.93. The summed E-state index contributed by atoms with van der Waals surface area (Å²) in [5.74, 6) is 0.00237. The Morgan fingerprint density at radius 3 is 2.64 bits per heavy atom. The van der Waals surface area contributed by atoms with Gasteiger partial charge in [-0.25, -0.2) is 4.98 Å². The summed E-state index contributed by atoms with van der Waals surface area (Å²) in [4.78, 5) is 25.1. The molecule has 0 fully saturated rings. The number of amides is 1. The number of hydrazine groups is 1. The molecule has 0 aliphatic heterocycles. The highest BCUT2D eigenvalue weighted by atomic mass is 16.4. The molecule has 4 N–H and O–H groups in total. The first-order valence-corrected chi connectivity index (χ1v) is 8.41. The number of anilines is 3. The molecular formula is C19H16N6O3. The lowest BCUT2D eigenvalue weighted by molar-refractivity contribution is 0.0960. The number of aromatic nitrogens is 3. The highest BCUT2D eigenvalue weighted by Crippen LogP contribution is 2.21. The van der Waals surface area contributed by atoms with Crippen LogP contribution in [0.5, 0.6) is 5.75 Å². The Morgan fingerprint density at radius 1 is 1.04 bits per heavy atom. The van der Waals surface area contributed by atoms with Crippen molar-refractivity contribution in [3.63, 3.8) is 0 Å². The van der Waals surface area contributed by atoms with Crippen LogP contribution in [0.1, 0.15) is 16.1 Å². The summed E-state index contributed by atoms with van der Waals surface area (Å²) in [5.41, 5.74) is 7.36. The standard InChI is InChI=1S/C19H16N6O3/c1-11-10-16(24-25-17(27)12-6-2-4-8-14(12)26)22-18(20-11)23-19-21-13-7-3-5-9-15(13)28-19/h2-10,26H,1H3,(H,25,27)(H2,20,21,22,23,24). The topological polar surface area (TPSA) is 125 Å². The number of fused-ring (bicyclic) bond motifs is 1. The summed E-state index contributed by atoms with van der Waals surface area (Å²) in [5, 5.41) is 12.7. The molecule has 1 amide bonds. The zero-order valence-corrected chi connectivity index (χ0v) is 14.8. The molecule has 0 aliphatic carbocycles. The van der Waals surface area contributed by atoms with Gasteiger partial charge in [-0.2, -0.15) is 9.97 Å². The first-order chi connectivity index (χ1) is 13.6. The van der Waals surface area contributed by atoms with Crippen LogP contribution in [0, 0.1) is 6.92 Å². The molecule has 9 heteroatoms. The number of carbonyl (C=O) groups excluding carboxylic acids is 1. The molecule has 0 bridgehead atoms. The molecule has 9 nitrogen and oxygen atoms in total. The molecule has 0 saturated heterocycles. The van der Waals surface area contributed by atoms with Crippen LogP contribution < -0.4 is 16.2 Å². The maximum absolute atomic E-state index is 12.2. The lowest BCUT2D eigenvalue weighted by Gasteiger charge is -2.10. The van der Waals surface area contributed by atoms with Crippen molar-refractivity contribution in [3.05, 3.63) is 65.9 Å². The highest BCUT2D eigenvalue weighted by molar-refractivity contribution is 5.97. The number of aromatic hydroxyl groups is 1. The van der Waals surface area contributed by atoms with Gasteiger partial charge in [0, 0.05) is 11.8 Å². The molecule has 28 heavy (non-hydrogen) atoms. The largest absolute Gasteiger partial charge is 0.507 e. The Hall–Kier alpha value is -4.14. The maximum Gasteiger partial charge on any atom is 0.302 e. The minimum absolute atomic E-state index is 0.112. The third-order valence-electron chi connectivity index (χ3n) is 3.82. The highest BCUT2D eigenvalue weighted by Gasteiger charge is 2.11. The third-order valence-corrected chi connectivity index (χ3v) is 3.82. The molecule has 4 aromatic rings. The van der Waals surface area contributed by atoms with Crippen molar-refractivity contribution >= 4 is 34.8 Å². The Morgan fingerprint density at radius 2 is 1.82 bits per heavy atom. The van der Waals surface area contributed by atoms with Gasteiger partial charge in [-0.1, -0.05) is 24.3 Å². The summed E-state index contributed by atoms with van der Waals surface area (Å²) in [6.07, 6.45) is 0. The zero-order chi connectivity index (χ0) is 19.5. The number of nitrogens with one attached hydrogen (secondary N) is 3. The number of phenolic OH excluding ortho intramolecular Hbond substituents is 1. The predicted molar refractivity (Wildman–Crippen MR) is 103 cm³/mol. The number of rotatable bonds is 5. The lowest BCUT2D eigenvalue weighted by Crippen LogP contribution is -2.30. The lowest BCUT2D eigenvalue weighted by atomic mass is 10.2. The van der Waals surface area contributed by atoms with Gasteiger partial charge < -0.3 is 9.52 Å². The van der Waals surface area contributed by atoms with E-state index in [4.69, 9.17) is 4.42 Å². The van der Waals surface area contributed by atoms with E-state index in [1.807, 2.05) is 24.3 Å². The van der Waals surface area contributed by atoms with Crippen LogP contribution in [0.25, 0.3) is 11.1 Å². The average Bonchev–Trinajstić information content (AvgIpc) is 3.08. The number of aryl methyl sites for hydroxylation is 1. The van der Waals surface area contributed by atoms with Crippen LogP contribution in [-0.2, 0) is 0 Å². The maximum atomic E-state index is 12.2. The number of nitrogens with zero attached hydrogens (tertiary/aromatic N) is 3. The second-order valence-corrected chi connectivity index (χ2v) is 5.93. The van der Waals surface area contributed by atoms with E-state index in [1.165, 1.54) is 12.1 Å². The van der Waals surface area contributed by atoms with Crippen molar-refractivity contribution in [2.24, 2.45) is 0 Å². The number of hydrogen-bond donors (Lipinski definition) is 4. The molecule has 2 aromatic heterocycles. The molecule has 0 spiro atoms. The predicted octanol–water partition coefficient (Wildman–Crippen LogP) is 3.13. The van der Waals surface area contributed by atoms with Gasteiger partial charge in [0.05, 0.1) is 5.56 Å². The fourth-order valence-electron chi connectivity index (χ4n) is 2.56. The first kappa shape index (κ1) is 17.3. The number of hydrogen-bond acceptors (Lipinski definition) is 8. The Bertz CT molecular complexity index is 1120. The summed E-state index contributed by atoms with van der Waals surface area (Å²) in [6.45, 7) is 1.79. The monoisotopic (exact) mass is 376 g/mol. The molecule has 0 saturated carbocycles. The number of carbonyl (C=O) groups is 1. The molecule has 0 radical (unpaired) electrons. The van der Waals surface area contributed by atoms with Crippen molar-refractivity contribution in [3.8, 4) is 5.75 Å². The van der Waals surface area contributed by atoms with Crippen LogP contribution in [0.2, 0.25) is 0 Å². The van der Waals surface area contributed by atoms with E-state index in [-0.39, 0.29) is 23.3 Å². The summed E-state index contributed by atoms with van der Waals surface area (Å²) in [7, 11) is 0. The van der Waals surface area contributed by atoms with E-state index in [0.29, 0.717) is 22.6 Å². The molecule has 4 rings (SSSR count). The molecule has 2 heterocycles. The molecule has 0 unspecified atom stereocenters. The van der Waals surface area contributed by atoms with Crippen LogP contribution in [-0.4, -0.2) is 26.0 Å². The molecule has 140 valence electrons. The second kappa shape index (κ2) is 7.23. The summed E-state index contributed by atoms with van der Waals surface area (Å²) < 4.78 is 5.60. The Kier molecular flexibility index (Phi) is 4.47. The van der Waals surface area contributed by atoms with Crippen LogP contribution in [0.4, 0.5) is 17.8 Å². The Balaban J connectivity index is 1.49. The SMILES string of the molecule is Cc1cc(NNC(=O)c2ccccc2O)nc(Nc2nc3ccccc3o2)n1. The molecule has 2 aromatic carbocycles. The van der Waals surface area contributed by atoms with Crippen LogP contribution in [0.15, 0.2) is 59.0 Å². The fourth-order valence-corrected chi connectivity index (χ4v) is 2.56. The zero-order valence-electron chi connectivity index (χ0n) is 14.8. The van der Waals surface area contributed by atoms with E-state index in [1.54, 1.807) is 25.1 Å². The Labute approximate surface area is 159 Å². The minimum Gasteiger partial charge on any atom is -0.507 e. The first-order valence-electron chi connectivity index (χ1n) is 8.41. The number of benzene rings is 2. The number of oxazole rings is 1. The van der Waals surface area contributed by atoms with Gasteiger partial charge in [0.25, 0.3) is 5.91 Å². The van der Waals surface area contributed by atoms with Crippen molar-refractivity contribution in [2.75, 3.05) is 10.7 Å². The van der Waals surface area contributed by atoms with Gasteiger partial charge in [-0.3, -0.25) is 21.0 Å². The van der Waals surface area contributed by atoms with Crippen LogP contribution in [0.3, 0.4) is 0 Å². The van der Waals surface area contributed by atoms with Crippen molar-refractivity contribution in [1.82, 2.24) is 20.4 Å². The quantitative estimate of drug-likeness (QED) is 0.392. The van der Waals surface area contributed by atoms with E-state index in [2.05, 4.69) is 31.1 Å². The van der Waals surface area contributed by atoms with Crippen molar-refractivity contribution in [2.45, 2.75) is 6.92 Å². The average molecular weight is 376 g/mol. The van der Waals surface area contributed by atoms with Crippen molar-refractivity contribution in [1.29, 1.82) is 0 Å². The molecule has 0 atom stereocenters. The van der Waals surface area contributed by atoms with Gasteiger partial charge in [-0.05, 0) is 31.2 Å². The third kappa shape index (κ3) is 3.68. The van der Waals surface area contributed by atoms with Gasteiger partial charge in [0.15, 0.2) is 5.58 Å². The van der Waals surface area contributed by atoms with E-state index in [0.717, 1.165) is 0 Å². The van der Waals surface area contributed by atoms with Crippen molar-refractivity contribution < 1.29 is 14.3 Å². The van der Waals surface area contributed by atoms with E-state index < -0.39 is 5.91 Å². The van der Waals surface area contributed by atoms with Gasteiger partial charge in [0.2, 0.25) is 5.95 Å². The molecular weight excluding hydrogens is 360 g/mol. The minimum atomic E-state index is -0.497. The summed E-state index contributed by atoms with van der Waals surface area (Å²) in [6, 6.07) is 15.5. The number of phenols is 1. The smallest absolute Gasteiger partial charge is 0.302 e. The van der Waals surface area contributed by atoms with Crippen LogP contribution >= 0.6 is 0 Å². The van der Waals surface area contributed by atoms with E-state index >= 15 is 0 Å². The summed E-state index contributed by atoms with van der Waals surface area (Å²) >= 11 is 0. The van der Waals surface area contributed by atoms with Gasteiger partial charge in [-0.15, -0.1) is 0 Å². The normalized spacial score (nSPS) is 10.6.